The molecule has 1 aromatic heterocycles. The number of rotatable bonds is 5. The van der Waals surface area contributed by atoms with Crippen LogP contribution in [-0.2, 0) is 12.8 Å². The van der Waals surface area contributed by atoms with Crippen LogP contribution in [-0.4, -0.2) is 7.11 Å². The van der Waals surface area contributed by atoms with E-state index in [-0.39, 0.29) is 23.1 Å². The van der Waals surface area contributed by atoms with Crippen LogP contribution in [0.15, 0.2) is 75.9 Å². The van der Waals surface area contributed by atoms with Gasteiger partial charge in [-0.05, 0) is 47.9 Å². The summed E-state index contributed by atoms with van der Waals surface area (Å²) in [5.41, 5.74) is 0.564. The third kappa shape index (κ3) is 4.19. The number of halogens is 3. The number of benzene rings is 3. The average Bonchev–Trinajstić information content (AvgIpc) is 2.78. The first-order valence-electron chi connectivity index (χ1n) is 9.77. The second kappa shape index (κ2) is 8.42. The van der Waals surface area contributed by atoms with Gasteiger partial charge in [-0.3, -0.25) is 4.79 Å². The van der Waals surface area contributed by atoms with Gasteiger partial charge in [-0.2, -0.15) is 13.2 Å². The smallest absolute Gasteiger partial charge is 0.450 e. The molecule has 0 aliphatic carbocycles. The Morgan fingerprint density at radius 1 is 0.938 bits per heavy atom. The number of ether oxygens (including phenoxy) is 2. The first kappa shape index (κ1) is 21.5. The molecule has 32 heavy (non-hydrogen) atoms. The Hall–Kier alpha value is -3.74. The zero-order chi connectivity index (χ0) is 22.9. The zero-order valence-corrected chi connectivity index (χ0v) is 17.3. The molecule has 0 amide bonds. The highest BCUT2D eigenvalue weighted by Gasteiger charge is 2.39. The van der Waals surface area contributed by atoms with E-state index in [0.29, 0.717) is 11.5 Å². The number of alkyl halides is 3. The van der Waals surface area contributed by atoms with E-state index in [2.05, 4.69) is 0 Å². The summed E-state index contributed by atoms with van der Waals surface area (Å²) in [6, 6.07) is 17.7. The lowest BCUT2D eigenvalue weighted by atomic mass is 10.0. The second-order valence-electron chi connectivity index (χ2n) is 7.23. The first-order valence-corrected chi connectivity index (χ1v) is 9.77. The second-order valence-corrected chi connectivity index (χ2v) is 7.23. The molecule has 3 aromatic carbocycles. The lowest BCUT2D eigenvalue weighted by Crippen LogP contribution is -2.16. The van der Waals surface area contributed by atoms with Crippen LogP contribution < -0.4 is 14.9 Å². The Morgan fingerprint density at radius 3 is 2.28 bits per heavy atom. The summed E-state index contributed by atoms with van der Waals surface area (Å²) in [6.45, 7) is 2.17. The van der Waals surface area contributed by atoms with Gasteiger partial charge in [0, 0.05) is 6.07 Å². The fourth-order valence-corrected chi connectivity index (χ4v) is 3.42. The standard InChI is InChI=1S/C25H19F3O4/c1-15-5-3-4-6-17(15)14-31-19-11-12-20-21(13-19)32-24(25(26,27)28)22(23(20)29)16-7-9-18(30-2)10-8-16/h3-13H,14H2,1-2H3. The Labute approximate surface area is 181 Å². The van der Waals surface area contributed by atoms with Gasteiger partial charge in [0.05, 0.1) is 18.1 Å². The maximum atomic E-state index is 13.8. The van der Waals surface area contributed by atoms with E-state index in [9.17, 15) is 18.0 Å². The highest BCUT2D eigenvalue weighted by Crippen LogP contribution is 2.38. The predicted molar refractivity (Wildman–Crippen MR) is 115 cm³/mol. The lowest BCUT2D eigenvalue weighted by Gasteiger charge is -2.14. The molecule has 0 N–H and O–H groups in total. The monoisotopic (exact) mass is 440 g/mol. The van der Waals surface area contributed by atoms with Crippen molar-refractivity contribution >= 4 is 11.0 Å². The molecular formula is C25H19F3O4. The SMILES string of the molecule is COc1ccc(-c2c(C(F)(F)F)oc3cc(OCc4ccccc4C)ccc3c2=O)cc1. The van der Waals surface area contributed by atoms with Crippen molar-refractivity contribution < 1.29 is 27.1 Å². The number of methoxy groups -OCH3 is 1. The van der Waals surface area contributed by atoms with Crippen LogP contribution in [0.5, 0.6) is 11.5 Å². The zero-order valence-electron chi connectivity index (χ0n) is 17.3. The fourth-order valence-electron chi connectivity index (χ4n) is 3.42. The van der Waals surface area contributed by atoms with E-state index >= 15 is 0 Å². The van der Waals surface area contributed by atoms with Crippen LogP contribution >= 0.6 is 0 Å². The van der Waals surface area contributed by atoms with Crippen molar-refractivity contribution in [3.05, 3.63) is 93.8 Å². The van der Waals surface area contributed by atoms with E-state index in [1.54, 1.807) is 6.07 Å². The Kier molecular flexibility index (Phi) is 5.65. The Balaban J connectivity index is 1.79. The third-order valence-electron chi connectivity index (χ3n) is 5.16. The minimum Gasteiger partial charge on any atom is -0.497 e. The van der Waals surface area contributed by atoms with Gasteiger partial charge in [-0.1, -0.05) is 36.4 Å². The molecule has 0 aliphatic heterocycles. The third-order valence-corrected chi connectivity index (χ3v) is 5.16. The van der Waals surface area contributed by atoms with Crippen molar-refractivity contribution in [1.82, 2.24) is 0 Å². The van der Waals surface area contributed by atoms with E-state index in [1.807, 2.05) is 31.2 Å². The highest BCUT2D eigenvalue weighted by atomic mass is 19.4. The number of fused-ring (bicyclic) bond motifs is 1. The summed E-state index contributed by atoms with van der Waals surface area (Å²) in [5, 5.41) is 0.0343. The average molecular weight is 440 g/mol. The largest absolute Gasteiger partial charge is 0.497 e. The summed E-state index contributed by atoms with van der Waals surface area (Å²) in [4.78, 5) is 13.1. The molecule has 0 atom stereocenters. The molecule has 4 aromatic rings. The van der Waals surface area contributed by atoms with Crippen molar-refractivity contribution in [2.75, 3.05) is 7.11 Å². The molecule has 0 aliphatic rings. The number of aryl methyl sites for hydroxylation is 1. The van der Waals surface area contributed by atoms with E-state index in [4.69, 9.17) is 13.9 Å². The molecule has 0 bridgehead atoms. The summed E-state index contributed by atoms with van der Waals surface area (Å²) >= 11 is 0. The molecule has 4 nitrogen and oxygen atoms in total. The van der Waals surface area contributed by atoms with Crippen LogP contribution in [0.3, 0.4) is 0 Å². The number of hydrogen-bond acceptors (Lipinski definition) is 4. The molecule has 0 saturated carbocycles. The molecule has 0 radical (unpaired) electrons. The first-order chi connectivity index (χ1) is 15.3. The molecule has 0 fully saturated rings. The van der Waals surface area contributed by atoms with Gasteiger partial charge >= 0.3 is 6.18 Å². The maximum absolute atomic E-state index is 13.8. The van der Waals surface area contributed by atoms with Crippen molar-refractivity contribution in [2.24, 2.45) is 0 Å². The molecule has 0 saturated heterocycles. The van der Waals surface area contributed by atoms with Gasteiger partial charge < -0.3 is 13.9 Å². The van der Waals surface area contributed by atoms with Gasteiger partial charge in [0.1, 0.15) is 23.7 Å². The van der Waals surface area contributed by atoms with Gasteiger partial charge in [0.25, 0.3) is 0 Å². The molecule has 0 unspecified atom stereocenters. The van der Waals surface area contributed by atoms with E-state index in [1.165, 1.54) is 43.5 Å². The molecule has 0 spiro atoms. The Bertz CT molecular complexity index is 1320. The lowest BCUT2D eigenvalue weighted by molar-refractivity contribution is -0.152. The van der Waals surface area contributed by atoms with Gasteiger partial charge in [0.2, 0.25) is 11.2 Å². The molecular weight excluding hydrogens is 421 g/mol. The Morgan fingerprint density at radius 2 is 1.62 bits per heavy atom. The summed E-state index contributed by atoms with van der Waals surface area (Å²) < 4.78 is 57.4. The van der Waals surface area contributed by atoms with Gasteiger partial charge in [-0.15, -0.1) is 0 Å². The van der Waals surface area contributed by atoms with Crippen molar-refractivity contribution in [3.8, 4) is 22.6 Å². The topological polar surface area (TPSA) is 48.7 Å². The number of hydrogen-bond donors (Lipinski definition) is 0. The maximum Gasteiger partial charge on any atom is 0.450 e. The van der Waals surface area contributed by atoms with Crippen molar-refractivity contribution in [3.63, 3.8) is 0 Å². The highest BCUT2D eigenvalue weighted by molar-refractivity contribution is 5.84. The van der Waals surface area contributed by atoms with Crippen molar-refractivity contribution in [1.29, 1.82) is 0 Å². The normalized spacial score (nSPS) is 11.5. The van der Waals surface area contributed by atoms with Gasteiger partial charge in [0.15, 0.2) is 0 Å². The summed E-state index contributed by atoms with van der Waals surface area (Å²) in [7, 11) is 1.44. The predicted octanol–water partition coefficient (Wildman–Crippen LogP) is 6.37. The van der Waals surface area contributed by atoms with Crippen LogP contribution in [0.25, 0.3) is 22.1 Å². The van der Waals surface area contributed by atoms with E-state index < -0.39 is 22.9 Å². The van der Waals surface area contributed by atoms with Crippen LogP contribution in [0.1, 0.15) is 16.9 Å². The van der Waals surface area contributed by atoms with E-state index in [0.717, 1.165) is 11.1 Å². The molecule has 1 heterocycles. The van der Waals surface area contributed by atoms with Crippen LogP contribution in [0, 0.1) is 6.92 Å². The van der Waals surface area contributed by atoms with Crippen LogP contribution in [0.4, 0.5) is 13.2 Å². The molecule has 4 rings (SSSR count). The quantitative estimate of drug-likeness (QED) is 0.362. The summed E-state index contributed by atoms with van der Waals surface area (Å²) in [5.74, 6) is -0.589. The summed E-state index contributed by atoms with van der Waals surface area (Å²) in [6.07, 6.45) is -4.86. The molecule has 7 heteroatoms. The van der Waals surface area contributed by atoms with Crippen LogP contribution in [0.2, 0.25) is 0 Å². The minimum absolute atomic E-state index is 0.0343. The van der Waals surface area contributed by atoms with Crippen molar-refractivity contribution in [2.45, 2.75) is 19.7 Å². The van der Waals surface area contributed by atoms with Gasteiger partial charge in [-0.25, -0.2) is 0 Å². The fraction of sp³-hybridized carbons (Fsp3) is 0.160. The molecule has 164 valence electrons. The minimum atomic E-state index is -4.86.